The molecule has 1 saturated heterocycles. The van der Waals surface area contributed by atoms with Crippen LogP contribution in [0.4, 0.5) is 5.69 Å². The van der Waals surface area contributed by atoms with E-state index in [0.29, 0.717) is 41.7 Å². The third kappa shape index (κ3) is 5.92. The SMILES string of the molecule is O=C(CCCCS(=O)(=O)N1CCCCC1)Nc1ccc(Cl)cc1Cl. The minimum Gasteiger partial charge on any atom is -0.325 e. The molecule has 0 saturated carbocycles. The highest BCUT2D eigenvalue weighted by Gasteiger charge is 2.23. The average molecular weight is 393 g/mol. The lowest BCUT2D eigenvalue weighted by molar-refractivity contribution is -0.116. The van der Waals surface area contributed by atoms with Gasteiger partial charge >= 0.3 is 0 Å². The second-order valence-corrected chi connectivity index (χ2v) is 8.84. The van der Waals surface area contributed by atoms with Crippen LogP contribution in [-0.4, -0.2) is 37.5 Å². The fourth-order valence-corrected chi connectivity index (χ4v) is 4.74. The van der Waals surface area contributed by atoms with E-state index in [1.54, 1.807) is 22.5 Å². The van der Waals surface area contributed by atoms with Gasteiger partial charge in [-0.05, 0) is 43.9 Å². The van der Waals surface area contributed by atoms with Gasteiger partial charge in [0.2, 0.25) is 15.9 Å². The van der Waals surface area contributed by atoms with Crippen molar-refractivity contribution in [2.75, 3.05) is 24.2 Å². The van der Waals surface area contributed by atoms with Crippen molar-refractivity contribution >= 4 is 44.8 Å². The Morgan fingerprint density at radius 1 is 1.12 bits per heavy atom. The number of halogens is 2. The summed E-state index contributed by atoms with van der Waals surface area (Å²) < 4.78 is 26.0. The summed E-state index contributed by atoms with van der Waals surface area (Å²) in [4.78, 5) is 11.9. The zero-order chi connectivity index (χ0) is 17.6. The van der Waals surface area contributed by atoms with E-state index in [4.69, 9.17) is 23.2 Å². The third-order valence-electron chi connectivity index (χ3n) is 3.97. The minimum atomic E-state index is -3.19. The summed E-state index contributed by atoms with van der Waals surface area (Å²) >= 11 is 11.8. The number of piperidine rings is 1. The Hall–Kier alpha value is -0.820. The summed E-state index contributed by atoms with van der Waals surface area (Å²) in [5.74, 6) is -0.0864. The van der Waals surface area contributed by atoms with Crippen molar-refractivity contribution in [1.82, 2.24) is 4.31 Å². The third-order valence-corrected chi connectivity index (χ3v) is 6.47. The van der Waals surface area contributed by atoms with Gasteiger partial charge in [0.25, 0.3) is 0 Å². The van der Waals surface area contributed by atoms with Crippen molar-refractivity contribution in [3.05, 3.63) is 28.2 Å². The molecule has 0 unspecified atom stereocenters. The number of nitrogens with one attached hydrogen (secondary N) is 1. The first-order valence-corrected chi connectivity index (χ1v) is 10.5. The molecule has 0 aliphatic carbocycles. The van der Waals surface area contributed by atoms with E-state index in [1.807, 2.05) is 0 Å². The van der Waals surface area contributed by atoms with Crippen molar-refractivity contribution < 1.29 is 13.2 Å². The van der Waals surface area contributed by atoms with Crippen molar-refractivity contribution in [3.63, 3.8) is 0 Å². The summed E-state index contributed by atoms with van der Waals surface area (Å²) in [5, 5.41) is 3.59. The number of hydrogen-bond donors (Lipinski definition) is 1. The molecule has 0 radical (unpaired) electrons. The van der Waals surface area contributed by atoms with E-state index in [9.17, 15) is 13.2 Å². The summed E-state index contributed by atoms with van der Waals surface area (Å²) in [6, 6.07) is 4.85. The predicted molar refractivity (Wildman–Crippen MR) is 98.2 cm³/mol. The van der Waals surface area contributed by atoms with Crippen molar-refractivity contribution in [2.24, 2.45) is 0 Å². The van der Waals surface area contributed by atoms with Crippen molar-refractivity contribution in [1.29, 1.82) is 0 Å². The van der Waals surface area contributed by atoms with Gasteiger partial charge in [-0.2, -0.15) is 0 Å². The second-order valence-electron chi connectivity index (χ2n) is 5.91. The molecule has 0 bridgehead atoms. The molecular formula is C16H22Cl2N2O3S. The molecule has 1 aliphatic heterocycles. The van der Waals surface area contributed by atoms with Crippen molar-refractivity contribution in [2.45, 2.75) is 38.5 Å². The Morgan fingerprint density at radius 2 is 1.83 bits per heavy atom. The molecule has 1 N–H and O–H groups in total. The first-order chi connectivity index (χ1) is 11.4. The molecule has 1 aliphatic rings. The Kier molecular flexibility index (Phi) is 7.34. The van der Waals surface area contributed by atoms with Crippen LogP contribution >= 0.6 is 23.2 Å². The zero-order valence-corrected chi connectivity index (χ0v) is 15.8. The van der Waals surface area contributed by atoms with Gasteiger partial charge in [0.05, 0.1) is 16.5 Å². The number of unbranched alkanes of at least 4 members (excludes halogenated alkanes) is 1. The van der Waals surface area contributed by atoms with Gasteiger partial charge in [-0.15, -0.1) is 0 Å². The standard InChI is InChI=1S/C16H22Cl2N2O3S/c17-13-7-8-15(14(18)12-13)19-16(21)6-2-5-11-24(22,23)20-9-3-1-4-10-20/h7-8,12H,1-6,9-11H2,(H,19,21). The van der Waals surface area contributed by atoms with Crippen molar-refractivity contribution in [3.8, 4) is 0 Å². The quantitative estimate of drug-likeness (QED) is 0.714. The summed E-state index contributed by atoms with van der Waals surface area (Å²) in [7, 11) is -3.19. The highest BCUT2D eigenvalue weighted by molar-refractivity contribution is 7.89. The normalized spacial score (nSPS) is 16.1. The molecule has 0 atom stereocenters. The average Bonchev–Trinajstić information content (AvgIpc) is 2.55. The van der Waals surface area contributed by atoms with Crippen LogP contribution in [0, 0.1) is 0 Å². The number of anilines is 1. The smallest absolute Gasteiger partial charge is 0.224 e. The first kappa shape index (κ1) is 19.5. The van der Waals surface area contributed by atoms with Gasteiger partial charge in [0.15, 0.2) is 0 Å². The van der Waals surface area contributed by atoms with Crippen LogP contribution in [0.5, 0.6) is 0 Å². The number of nitrogens with zero attached hydrogens (tertiary/aromatic N) is 1. The molecule has 134 valence electrons. The molecule has 2 rings (SSSR count). The van der Waals surface area contributed by atoms with Crippen LogP contribution < -0.4 is 5.32 Å². The number of hydrogen-bond acceptors (Lipinski definition) is 3. The van der Waals surface area contributed by atoms with Gasteiger partial charge in [-0.1, -0.05) is 29.6 Å². The van der Waals surface area contributed by atoms with Crippen LogP contribution in [0.25, 0.3) is 0 Å². The molecule has 1 fully saturated rings. The highest BCUT2D eigenvalue weighted by Crippen LogP contribution is 2.25. The molecule has 1 amide bonds. The zero-order valence-electron chi connectivity index (χ0n) is 13.4. The van der Waals surface area contributed by atoms with Crippen LogP contribution in [0.2, 0.25) is 10.0 Å². The topological polar surface area (TPSA) is 66.5 Å². The maximum atomic E-state index is 12.2. The largest absolute Gasteiger partial charge is 0.325 e. The Morgan fingerprint density at radius 3 is 2.50 bits per heavy atom. The lowest BCUT2D eigenvalue weighted by Gasteiger charge is -2.25. The number of sulfonamides is 1. The van der Waals surface area contributed by atoms with Crippen LogP contribution in [-0.2, 0) is 14.8 Å². The van der Waals surface area contributed by atoms with E-state index in [0.717, 1.165) is 19.3 Å². The molecular weight excluding hydrogens is 371 g/mol. The number of carbonyl (C=O) groups excluding carboxylic acids is 1. The van der Waals surface area contributed by atoms with Gasteiger partial charge in [0.1, 0.15) is 0 Å². The highest BCUT2D eigenvalue weighted by atomic mass is 35.5. The molecule has 1 heterocycles. The number of rotatable bonds is 7. The number of benzene rings is 1. The molecule has 0 spiro atoms. The Labute approximate surface area is 153 Å². The first-order valence-electron chi connectivity index (χ1n) is 8.11. The maximum Gasteiger partial charge on any atom is 0.224 e. The van der Waals surface area contributed by atoms with Gasteiger partial charge in [-0.25, -0.2) is 12.7 Å². The van der Waals surface area contributed by atoms with Gasteiger partial charge in [0, 0.05) is 24.5 Å². The molecule has 24 heavy (non-hydrogen) atoms. The fraction of sp³-hybridized carbons (Fsp3) is 0.562. The van der Waals surface area contributed by atoms with Crippen LogP contribution in [0.3, 0.4) is 0 Å². The lowest BCUT2D eigenvalue weighted by Crippen LogP contribution is -2.37. The summed E-state index contributed by atoms with van der Waals surface area (Å²) in [5.41, 5.74) is 0.506. The monoisotopic (exact) mass is 392 g/mol. The Bertz CT molecular complexity index is 674. The van der Waals surface area contributed by atoms with E-state index in [-0.39, 0.29) is 18.1 Å². The van der Waals surface area contributed by atoms with E-state index in [1.165, 1.54) is 0 Å². The Balaban J connectivity index is 1.72. The van der Waals surface area contributed by atoms with E-state index < -0.39 is 10.0 Å². The molecule has 0 aromatic heterocycles. The van der Waals surface area contributed by atoms with E-state index in [2.05, 4.69) is 5.32 Å². The number of carbonyl (C=O) groups is 1. The molecule has 8 heteroatoms. The predicted octanol–water partition coefficient (Wildman–Crippen LogP) is 3.92. The summed E-state index contributed by atoms with van der Waals surface area (Å²) in [6.07, 6.45) is 4.21. The van der Waals surface area contributed by atoms with Gasteiger partial charge < -0.3 is 5.32 Å². The lowest BCUT2D eigenvalue weighted by atomic mass is 10.2. The summed E-state index contributed by atoms with van der Waals surface area (Å²) in [6.45, 7) is 1.25. The second kappa shape index (κ2) is 9.04. The van der Waals surface area contributed by atoms with Crippen LogP contribution in [0.15, 0.2) is 18.2 Å². The maximum absolute atomic E-state index is 12.2. The molecule has 5 nitrogen and oxygen atoms in total. The molecule has 1 aromatic rings. The van der Waals surface area contributed by atoms with E-state index >= 15 is 0 Å². The number of amides is 1. The van der Waals surface area contributed by atoms with Crippen LogP contribution in [0.1, 0.15) is 38.5 Å². The van der Waals surface area contributed by atoms with Gasteiger partial charge in [-0.3, -0.25) is 4.79 Å². The minimum absolute atomic E-state index is 0.0992. The molecule has 1 aromatic carbocycles. The fourth-order valence-electron chi connectivity index (χ4n) is 2.65.